The summed E-state index contributed by atoms with van der Waals surface area (Å²) < 4.78 is 24.7. The summed E-state index contributed by atoms with van der Waals surface area (Å²) in [5.74, 6) is 1.47. The molecule has 0 fully saturated rings. The molecule has 0 spiro atoms. The Bertz CT molecular complexity index is 1110. The van der Waals surface area contributed by atoms with E-state index in [1.54, 1.807) is 60.7 Å². The minimum absolute atomic E-state index is 0.242. The summed E-state index contributed by atoms with van der Waals surface area (Å²) in [6.45, 7) is 7.33. The Morgan fingerprint density at radius 3 is 2.48 bits per heavy atom. The van der Waals surface area contributed by atoms with Crippen LogP contribution in [0.25, 0.3) is 11.3 Å². The minimum Gasteiger partial charge on any atom is -0.457 e. The molecule has 0 aliphatic heterocycles. The van der Waals surface area contributed by atoms with Crippen molar-refractivity contribution in [1.82, 2.24) is 4.98 Å². The second-order valence-electron chi connectivity index (χ2n) is 5.89. The largest absolute Gasteiger partial charge is 0.457 e. The topological polar surface area (TPSA) is 55.1 Å². The molecule has 4 nitrogen and oxygen atoms in total. The highest BCUT2D eigenvalue weighted by molar-refractivity contribution is 5.62. The zero-order chi connectivity index (χ0) is 20.6. The molecule has 0 radical (unpaired) electrons. The number of hydrogen-bond acceptors (Lipinski definition) is 4. The number of nitriles is 1. The number of allylic oxidation sites excluding steroid dienone is 3. The smallest absolute Gasteiger partial charge is 0.221 e. The van der Waals surface area contributed by atoms with Crippen molar-refractivity contribution in [2.24, 2.45) is 0 Å². The van der Waals surface area contributed by atoms with Gasteiger partial charge in [-0.1, -0.05) is 25.3 Å². The molecule has 0 amide bonds. The first-order valence-corrected chi connectivity index (χ1v) is 8.70. The summed E-state index contributed by atoms with van der Waals surface area (Å²) in [5.41, 5.74) is 1.56. The van der Waals surface area contributed by atoms with Crippen molar-refractivity contribution in [3.05, 3.63) is 109 Å². The van der Waals surface area contributed by atoms with Gasteiger partial charge >= 0.3 is 0 Å². The third-order valence-electron chi connectivity index (χ3n) is 3.82. The molecule has 5 heteroatoms. The fourth-order valence-electron chi connectivity index (χ4n) is 2.51. The van der Waals surface area contributed by atoms with Crippen molar-refractivity contribution in [3.63, 3.8) is 0 Å². The minimum atomic E-state index is -0.345. The van der Waals surface area contributed by atoms with Crippen molar-refractivity contribution in [2.75, 3.05) is 0 Å². The van der Waals surface area contributed by atoms with Crippen LogP contribution in [0.2, 0.25) is 0 Å². The van der Waals surface area contributed by atoms with Crippen molar-refractivity contribution in [2.45, 2.75) is 0 Å². The van der Waals surface area contributed by atoms with Crippen molar-refractivity contribution in [3.8, 4) is 34.7 Å². The first-order valence-electron chi connectivity index (χ1n) is 8.70. The molecular weight excluding hydrogens is 367 g/mol. The summed E-state index contributed by atoms with van der Waals surface area (Å²) in [7, 11) is 0. The first-order chi connectivity index (χ1) is 14.1. The first kappa shape index (κ1) is 19.6. The van der Waals surface area contributed by atoms with E-state index in [2.05, 4.69) is 24.2 Å². The van der Waals surface area contributed by atoms with Gasteiger partial charge in [-0.2, -0.15) is 5.26 Å². The summed E-state index contributed by atoms with van der Waals surface area (Å²) in [6.07, 6.45) is 4.86. The molecule has 0 saturated carbocycles. The molecule has 3 aromatic rings. The van der Waals surface area contributed by atoms with Crippen LogP contribution in [-0.4, -0.2) is 4.98 Å². The van der Waals surface area contributed by atoms with Crippen molar-refractivity contribution in [1.29, 1.82) is 5.26 Å². The van der Waals surface area contributed by atoms with E-state index in [0.717, 1.165) is 0 Å². The molecule has 0 atom stereocenters. The van der Waals surface area contributed by atoms with Crippen LogP contribution in [0.4, 0.5) is 4.39 Å². The predicted molar refractivity (Wildman–Crippen MR) is 110 cm³/mol. The van der Waals surface area contributed by atoms with Crippen LogP contribution in [0.5, 0.6) is 17.4 Å². The molecule has 3 rings (SSSR count). The van der Waals surface area contributed by atoms with Gasteiger partial charge in [-0.25, -0.2) is 9.37 Å². The summed E-state index contributed by atoms with van der Waals surface area (Å²) in [4.78, 5) is 4.44. The summed E-state index contributed by atoms with van der Waals surface area (Å²) >= 11 is 0. The van der Waals surface area contributed by atoms with Crippen LogP contribution in [-0.2, 0) is 0 Å². The van der Waals surface area contributed by atoms with E-state index in [1.165, 1.54) is 18.2 Å². The molecule has 0 N–H and O–H groups in total. The third-order valence-corrected chi connectivity index (χ3v) is 3.82. The maximum Gasteiger partial charge on any atom is 0.221 e. The summed E-state index contributed by atoms with van der Waals surface area (Å²) in [6, 6.07) is 18.1. The van der Waals surface area contributed by atoms with Gasteiger partial charge in [-0.3, -0.25) is 0 Å². The molecule has 1 heterocycles. The van der Waals surface area contributed by atoms with Crippen LogP contribution in [0.3, 0.4) is 0 Å². The van der Waals surface area contributed by atoms with E-state index in [-0.39, 0.29) is 11.7 Å². The monoisotopic (exact) mass is 384 g/mol. The molecule has 0 saturated heterocycles. The maximum absolute atomic E-state index is 13.2. The van der Waals surface area contributed by atoms with E-state index in [9.17, 15) is 9.65 Å². The lowest BCUT2D eigenvalue weighted by atomic mass is 10.1. The van der Waals surface area contributed by atoms with E-state index in [0.29, 0.717) is 34.1 Å². The van der Waals surface area contributed by atoms with Crippen LogP contribution in [0.1, 0.15) is 5.56 Å². The van der Waals surface area contributed by atoms with E-state index in [1.807, 2.05) is 0 Å². The van der Waals surface area contributed by atoms with E-state index >= 15 is 0 Å². The highest BCUT2D eigenvalue weighted by Crippen LogP contribution is 2.28. The quantitative estimate of drug-likeness (QED) is 0.360. The standard InChI is InChI=1S/C24H17FN2O2/c1-3-6-20(4-2)28-21-7-5-8-22(15-21)29-24-14-17(16-26)13-23(27-24)18-9-11-19(25)12-10-18/h3-15H,1-2H2/b20-6+. The van der Waals surface area contributed by atoms with Crippen LogP contribution >= 0.6 is 0 Å². The Labute approximate surface area is 168 Å². The van der Waals surface area contributed by atoms with Crippen LogP contribution < -0.4 is 9.47 Å². The van der Waals surface area contributed by atoms with Gasteiger partial charge in [0.25, 0.3) is 0 Å². The number of halogens is 1. The molecule has 29 heavy (non-hydrogen) atoms. The molecule has 0 unspecified atom stereocenters. The Balaban J connectivity index is 1.89. The SMILES string of the molecule is C=C/C=C(\C=C)Oc1cccc(Oc2cc(C#N)cc(-c3ccc(F)cc3)n2)c1. The Hall–Kier alpha value is -4.17. The van der Waals surface area contributed by atoms with E-state index in [4.69, 9.17) is 9.47 Å². The van der Waals surface area contributed by atoms with Gasteiger partial charge in [0.05, 0.1) is 17.3 Å². The number of rotatable bonds is 7. The molecule has 0 bridgehead atoms. The zero-order valence-corrected chi connectivity index (χ0v) is 15.5. The van der Waals surface area contributed by atoms with Gasteiger partial charge in [0.1, 0.15) is 23.1 Å². The molecule has 142 valence electrons. The van der Waals surface area contributed by atoms with Gasteiger partial charge in [-0.15, -0.1) is 0 Å². The molecule has 2 aromatic carbocycles. The Morgan fingerprint density at radius 2 is 1.79 bits per heavy atom. The number of benzene rings is 2. The van der Waals surface area contributed by atoms with E-state index < -0.39 is 0 Å². The van der Waals surface area contributed by atoms with Crippen LogP contribution in [0.15, 0.2) is 97.8 Å². The number of ether oxygens (including phenoxy) is 2. The zero-order valence-electron chi connectivity index (χ0n) is 15.5. The fourth-order valence-corrected chi connectivity index (χ4v) is 2.51. The Kier molecular flexibility index (Phi) is 6.18. The lowest BCUT2D eigenvalue weighted by Gasteiger charge is -2.10. The molecule has 0 aliphatic rings. The number of pyridine rings is 1. The average Bonchev–Trinajstić information content (AvgIpc) is 2.74. The second kappa shape index (κ2) is 9.16. The van der Waals surface area contributed by atoms with Gasteiger partial charge < -0.3 is 9.47 Å². The third kappa shape index (κ3) is 5.18. The molecule has 0 aliphatic carbocycles. The fraction of sp³-hybridized carbons (Fsp3) is 0. The van der Waals surface area contributed by atoms with Gasteiger partial charge in [0.15, 0.2) is 0 Å². The Morgan fingerprint density at radius 1 is 1.03 bits per heavy atom. The van der Waals surface area contributed by atoms with Crippen molar-refractivity contribution >= 4 is 0 Å². The number of hydrogen-bond donors (Lipinski definition) is 0. The highest BCUT2D eigenvalue weighted by atomic mass is 19.1. The summed E-state index contributed by atoms with van der Waals surface area (Å²) in [5, 5.41) is 9.33. The second-order valence-corrected chi connectivity index (χ2v) is 5.89. The van der Waals surface area contributed by atoms with Gasteiger partial charge in [-0.05, 0) is 54.6 Å². The highest BCUT2D eigenvalue weighted by Gasteiger charge is 2.08. The average molecular weight is 384 g/mol. The lowest BCUT2D eigenvalue weighted by molar-refractivity contribution is 0.431. The molecular formula is C24H17FN2O2. The lowest BCUT2D eigenvalue weighted by Crippen LogP contribution is -1.94. The van der Waals surface area contributed by atoms with Crippen LogP contribution in [0, 0.1) is 17.1 Å². The van der Waals surface area contributed by atoms with Crippen molar-refractivity contribution < 1.29 is 13.9 Å². The van der Waals surface area contributed by atoms with Gasteiger partial charge in [0.2, 0.25) is 5.88 Å². The molecule has 1 aromatic heterocycles. The van der Waals surface area contributed by atoms with Gasteiger partial charge in [0, 0.05) is 17.7 Å². The number of nitrogens with zero attached hydrogens (tertiary/aromatic N) is 2. The predicted octanol–water partition coefficient (Wildman–Crippen LogP) is 6.19. The number of aromatic nitrogens is 1. The maximum atomic E-state index is 13.2. The normalized spacial score (nSPS) is 10.7.